The van der Waals surface area contributed by atoms with Gasteiger partial charge in [0.2, 0.25) is 0 Å². The van der Waals surface area contributed by atoms with Crippen molar-refractivity contribution < 1.29 is 4.74 Å². The molecule has 0 radical (unpaired) electrons. The first-order valence-electron chi connectivity index (χ1n) is 7.63. The van der Waals surface area contributed by atoms with Gasteiger partial charge in [-0.2, -0.15) is 0 Å². The molecule has 0 aromatic heterocycles. The molecule has 1 aromatic rings. The first kappa shape index (κ1) is 16.2. The van der Waals surface area contributed by atoms with Crippen molar-refractivity contribution in [2.45, 2.75) is 39.8 Å². The van der Waals surface area contributed by atoms with Crippen molar-refractivity contribution in [1.82, 2.24) is 4.90 Å². The lowest BCUT2D eigenvalue weighted by Gasteiger charge is -2.41. The van der Waals surface area contributed by atoms with Crippen molar-refractivity contribution in [3.63, 3.8) is 0 Å². The van der Waals surface area contributed by atoms with Gasteiger partial charge < -0.3 is 10.5 Å². The Kier molecular flexibility index (Phi) is 5.22. The number of rotatable bonds is 4. The van der Waals surface area contributed by atoms with Crippen LogP contribution in [-0.4, -0.2) is 29.6 Å². The molecule has 0 aliphatic carbocycles. The van der Waals surface area contributed by atoms with Gasteiger partial charge in [-0.05, 0) is 43.4 Å². The highest BCUT2D eigenvalue weighted by atomic mass is 32.1. The second-order valence-electron chi connectivity index (χ2n) is 6.38. The van der Waals surface area contributed by atoms with Crippen molar-refractivity contribution in [1.29, 1.82) is 0 Å². The van der Waals surface area contributed by atoms with Gasteiger partial charge in [0.1, 0.15) is 10.7 Å². The molecule has 2 N–H and O–H groups in total. The Labute approximate surface area is 133 Å². The molecule has 3 unspecified atom stereocenters. The number of hydrogen-bond acceptors (Lipinski definition) is 3. The van der Waals surface area contributed by atoms with Gasteiger partial charge >= 0.3 is 0 Å². The summed E-state index contributed by atoms with van der Waals surface area (Å²) in [5, 5.41) is 0. The SMILES string of the molecule is COc1ccc(C(N)=S)cc1CN1CC(C)CC(C)C1C. The summed E-state index contributed by atoms with van der Waals surface area (Å²) < 4.78 is 5.50. The zero-order chi connectivity index (χ0) is 15.6. The molecule has 3 nitrogen and oxygen atoms in total. The van der Waals surface area contributed by atoms with Crippen molar-refractivity contribution in [2.24, 2.45) is 17.6 Å². The van der Waals surface area contributed by atoms with E-state index in [2.05, 4.69) is 31.7 Å². The van der Waals surface area contributed by atoms with E-state index in [9.17, 15) is 0 Å². The molecule has 1 heterocycles. The van der Waals surface area contributed by atoms with E-state index in [-0.39, 0.29) is 0 Å². The Morgan fingerprint density at radius 2 is 2.10 bits per heavy atom. The summed E-state index contributed by atoms with van der Waals surface area (Å²) in [5.74, 6) is 2.37. The fourth-order valence-corrected chi connectivity index (χ4v) is 3.44. The molecule has 1 aromatic carbocycles. The van der Waals surface area contributed by atoms with Gasteiger partial charge in [0.15, 0.2) is 0 Å². The third kappa shape index (κ3) is 3.74. The van der Waals surface area contributed by atoms with Crippen LogP contribution in [-0.2, 0) is 6.54 Å². The first-order valence-corrected chi connectivity index (χ1v) is 8.04. The molecule has 0 spiro atoms. The van der Waals surface area contributed by atoms with Crippen LogP contribution < -0.4 is 10.5 Å². The Bertz CT molecular complexity index is 518. The molecule has 1 aliphatic rings. The molecule has 1 aliphatic heterocycles. The first-order chi connectivity index (χ1) is 9.92. The molecule has 116 valence electrons. The molecule has 21 heavy (non-hydrogen) atoms. The molecule has 3 atom stereocenters. The molecule has 0 bridgehead atoms. The summed E-state index contributed by atoms with van der Waals surface area (Å²) in [6.45, 7) is 9.01. The Balaban J connectivity index is 2.24. The van der Waals surface area contributed by atoms with Gasteiger partial charge in [-0.15, -0.1) is 0 Å². The van der Waals surface area contributed by atoms with E-state index in [4.69, 9.17) is 22.7 Å². The van der Waals surface area contributed by atoms with Crippen LogP contribution in [0.25, 0.3) is 0 Å². The smallest absolute Gasteiger partial charge is 0.123 e. The van der Waals surface area contributed by atoms with Crippen molar-refractivity contribution in [2.75, 3.05) is 13.7 Å². The number of methoxy groups -OCH3 is 1. The minimum atomic E-state index is 0.437. The lowest BCUT2D eigenvalue weighted by atomic mass is 9.85. The number of thiocarbonyl (C=S) groups is 1. The molecule has 2 rings (SSSR count). The molecule has 0 amide bonds. The van der Waals surface area contributed by atoms with Crippen LogP contribution in [0.1, 0.15) is 38.3 Å². The van der Waals surface area contributed by atoms with Crippen molar-refractivity contribution >= 4 is 17.2 Å². The number of hydrogen-bond donors (Lipinski definition) is 1. The van der Waals surface area contributed by atoms with Crippen LogP contribution in [0.15, 0.2) is 18.2 Å². The molecular weight excluding hydrogens is 280 g/mol. The zero-order valence-corrected chi connectivity index (χ0v) is 14.2. The quantitative estimate of drug-likeness (QED) is 0.867. The van der Waals surface area contributed by atoms with Gasteiger partial charge in [0.25, 0.3) is 0 Å². The van der Waals surface area contributed by atoms with Crippen molar-refractivity contribution in [3.05, 3.63) is 29.3 Å². The molecule has 0 saturated carbocycles. The fourth-order valence-electron chi connectivity index (χ4n) is 3.32. The third-order valence-corrected chi connectivity index (χ3v) is 4.89. The van der Waals surface area contributed by atoms with E-state index in [1.54, 1.807) is 7.11 Å². The van der Waals surface area contributed by atoms with E-state index in [0.29, 0.717) is 11.0 Å². The van der Waals surface area contributed by atoms with E-state index in [0.717, 1.165) is 41.8 Å². The standard InChI is InChI=1S/C17H26N2OS/c1-11-7-12(2)13(3)19(9-11)10-15-8-14(17(18)21)5-6-16(15)20-4/h5-6,8,11-13H,7,9-10H2,1-4H3,(H2,18,21). The largest absolute Gasteiger partial charge is 0.496 e. The highest BCUT2D eigenvalue weighted by Gasteiger charge is 2.29. The maximum absolute atomic E-state index is 5.76. The van der Waals surface area contributed by atoms with Crippen molar-refractivity contribution in [3.8, 4) is 5.75 Å². The summed E-state index contributed by atoms with van der Waals surface area (Å²) in [7, 11) is 1.71. The molecule has 4 heteroatoms. The van der Waals surface area contributed by atoms with E-state index in [1.807, 2.05) is 12.1 Å². The summed E-state index contributed by atoms with van der Waals surface area (Å²) in [4.78, 5) is 2.98. The summed E-state index contributed by atoms with van der Waals surface area (Å²) in [6, 6.07) is 6.54. The maximum Gasteiger partial charge on any atom is 0.123 e. The summed E-state index contributed by atoms with van der Waals surface area (Å²) in [6.07, 6.45) is 1.31. The number of ether oxygens (including phenoxy) is 1. The average Bonchev–Trinajstić information content (AvgIpc) is 2.44. The highest BCUT2D eigenvalue weighted by Crippen LogP contribution is 2.30. The normalized spacial score (nSPS) is 26.6. The lowest BCUT2D eigenvalue weighted by Crippen LogP contribution is -2.45. The monoisotopic (exact) mass is 306 g/mol. The van der Waals surface area contributed by atoms with Crippen LogP contribution in [0.2, 0.25) is 0 Å². The zero-order valence-electron chi connectivity index (χ0n) is 13.4. The lowest BCUT2D eigenvalue weighted by molar-refractivity contribution is 0.0722. The Morgan fingerprint density at radius 1 is 1.38 bits per heavy atom. The predicted octanol–water partition coefficient (Wildman–Crippen LogP) is 3.20. The van der Waals surface area contributed by atoms with Gasteiger partial charge in [-0.1, -0.05) is 26.1 Å². The van der Waals surface area contributed by atoms with Gasteiger partial charge in [0, 0.05) is 30.3 Å². The second kappa shape index (κ2) is 6.75. The van der Waals surface area contributed by atoms with Gasteiger partial charge in [-0.3, -0.25) is 4.90 Å². The minimum Gasteiger partial charge on any atom is -0.496 e. The third-order valence-electron chi connectivity index (χ3n) is 4.66. The second-order valence-corrected chi connectivity index (χ2v) is 6.82. The number of nitrogens with two attached hydrogens (primary N) is 1. The van der Waals surface area contributed by atoms with Gasteiger partial charge in [-0.25, -0.2) is 0 Å². The van der Waals surface area contributed by atoms with E-state index >= 15 is 0 Å². The predicted molar refractivity (Wildman–Crippen MR) is 91.7 cm³/mol. The van der Waals surface area contributed by atoms with Crippen LogP contribution in [0.4, 0.5) is 0 Å². The topological polar surface area (TPSA) is 38.5 Å². The molecule has 1 saturated heterocycles. The van der Waals surface area contributed by atoms with E-state index in [1.165, 1.54) is 6.42 Å². The number of benzene rings is 1. The summed E-state index contributed by atoms with van der Waals surface area (Å²) in [5.41, 5.74) is 7.83. The Morgan fingerprint density at radius 3 is 2.71 bits per heavy atom. The number of piperidine rings is 1. The van der Waals surface area contributed by atoms with Gasteiger partial charge in [0.05, 0.1) is 7.11 Å². The molecular formula is C17H26N2OS. The average molecular weight is 306 g/mol. The minimum absolute atomic E-state index is 0.437. The maximum atomic E-state index is 5.76. The van der Waals surface area contributed by atoms with Crippen LogP contribution >= 0.6 is 12.2 Å². The fraction of sp³-hybridized carbons (Fsp3) is 0.588. The Hall–Kier alpha value is -1.13. The van der Waals surface area contributed by atoms with Crippen LogP contribution in [0, 0.1) is 11.8 Å². The highest BCUT2D eigenvalue weighted by molar-refractivity contribution is 7.80. The van der Waals surface area contributed by atoms with Crippen LogP contribution in [0.3, 0.4) is 0 Å². The molecule has 1 fully saturated rings. The number of nitrogens with zero attached hydrogens (tertiary/aromatic N) is 1. The summed E-state index contributed by atoms with van der Waals surface area (Å²) >= 11 is 5.09. The number of likely N-dealkylation sites (tertiary alicyclic amines) is 1. The van der Waals surface area contributed by atoms with Crippen LogP contribution in [0.5, 0.6) is 5.75 Å². The van der Waals surface area contributed by atoms with E-state index < -0.39 is 0 Å².